The maximum Gasteiger partial charge on any atom is 0.322 e. The lowest BCUT2D eigenvalue weighted by molar-refractivity contribution is -0.338. The molecule has 20 atom stereocenters. The highest BCUT2D eigenvalue weighted by Crippen LogP contribution is 2.47. The summed E-state index contributed by atoms with van der Waals surface area (Å²) in [6.07, 6.45) is 9.00. The third-order valence-electron chi connectivity index (χ3n) is 16.0. The second-order valence-electron chi connectivity index (χ2n) is 20.7. The van der Waals surface area contributed by atoms with Crippen molar-refractivity contribution < 1.29 is 72.0 Å². The van der Waals surface area contributed by atoms with E-state index in [1.165, 1.54) is 12.0 Å². The Morgan fingerprint density at radius 1 is 0.971 bits per heavy atom. The number of rotatable bonds is 10. The molecule has 16 heteroatoms. The summed E-state index contributed by atoms with van der Waals surface area (Å²) in [5.74, 6) is -3.07. The second kappa shape index (κ2) is 21.5. The Morgan fingerprint density at radius 3 is 2.40 bits per heavy atom. The quantitative estimate of drug-likeness (QED) is 0.144. The number of carbonyl (C=O) groups is 2. The molecular formula is C52H79NO15. The first-order valence-corrected chi connectivity index (χ1v) is 24.8. The molecule has 6 heterocycles. The molecule has 7 aliphatic rings. The molecule has 0 amide bonds. The number of fused-ring (bicyclic) bond motifs is 2. The standard InChI is InChI=1S/C52H79NO15/c1-14-28(2)46-31(5)20-21-51(67-46)26-38-23-37(66-51)19-18-30(4)45(29(3)16-15-17-36-27-60-48-44(55)32(6)22-39(49(56)63-38)52(36,48)57)64-42-24-40(58-12)47(33(7)61-42)65-43-25-41(59-13)50(10,34(8)62-43)53(11)68-35(9)54/h15-18,20-22,28-29,31,33-34,37-48,55,57H,14,19,23-27H2,1-13H3/b16-15+,30-18+,36-17+/t28?,29?,31-,33-,34-,37+,38-,39-,40-,41-,42?,43?,44+,45-,46+,47-,48+,50+,51+,52+/m0/s1. The van der Waals surface area contributed by atoms with E-state index >= 15 is 0 Å². The van der Waals surface area contributed by atoms with E-state index in [2.05, 4.69) is 39.8 Å². The number of ether oxygens (including phenoxy) is 10. The molecule has 2 bridgehead atoms. The largest absolute Gasteiger partial charge is 0.462 e. The molecule has 2 N–H and O–H groups in total. The summed E-state index contributed by atoms with van der Waals surface area (Å²) in [7, 11) is 4.97. The van der Waals surface area contributed by atoms with E-state index in [-0.39, 0.29) is 36.9 Å². The van der Waals surface area contributed by atoms with Crippen LogP contribution in [-0.2, 0) is 61.8 Å². The number of likely N-dealkylation sites (N-methyl/N-ethyl adjacent to an activating group) is 1. The SMILES string of the molecule is CCC(C)[C@H]1O[C@]2(C=C[C@@H]1C)C[C@@H]1C[C@@H](C/C=C(\C)[C@@H](OC3C[C@H](OC)[C@@H](OC4C[C@H](OC)[C@](C)(N(C)OC(C)=O)[C@H](C)O4)[C@H](C)O3)C(C)/C=C/C=C3\CO[C@@H]4[C@H](O)C(C)=C[C@@H](C(=O)O1)[C@]34O)O2. The Labute approximate surface area is 403 Å². The molecule has 0 aromatic carbocycles. The summed E-state index contributed by atoms with van der Waals surface area (Å²) < 4.78 is 65.0. The van der Waals surface area contributed by atoms with Crippen molar-refractivity contribution in [1.82, 2.24) is 5.06 Å². The molecular weight excluding hydrogens is 879 g/mol. The Kier molecular flexibility index (Phi) is 16.7. The minimum atomic E-state index is -1.85. The van der Waals surface area contributed by atoms with Gasteiger partial charge in [-0.25, -0.2) is 0 Å². The number of carbonyl (C=O) groups excluding carboxylic acids is 2. The van der Waals surface area contributed by atoms with Crippen LogP contribution in [0.4, 0.5) is 0 Å². The van der Waals surface area contributed by atoms with Crippen LogP contribution in [0, 0.1) is 23.7 Å². The van der Waals surface area contributed by atoms with Gasteiger partial charge in [-0.1, -0.05) is 70.6 Å². The van der Waals surface area contributed by atoms with Crippen molar-refractivity contribution in [1.29, 1.82) is 0 Å². The zero-order valence-corrected chi connectivity index (χ0v) is 42.5. The molecule has 6 aliphatic heterocycles. The van der Waals surface area contributed by atoms with Crippen LogP contribution >= 0.6 is 0 Å². The number of aliphatic hydroxyl groups excluding tert-OH is 1. The first kappa shape index (κ1) is 53.0. The number of aliphatic hydroxyl groups is 2. The topological polar surface area (TPSA) is 179 Å². The Balaban J connectivity index is 1.15. The first-order chi connectivity index (χ1) is 32.2. The van der Waals surface area contributed by atoms with Crippen LogP contribution in [0.25, 0.3) is 0 Å². The van der Waals surface area contributed by atoms with Crippen LogP contribution in [0.15, 0.2) is 59.3 Å². The van der Waals surface area contributed by atoms with Crippen molar-refractivity contribution >= 4 is 11.9 Å². The molecule has 4 fully saturated rings. The van der Waals surface area contributed by atoms with E-state index < -0.39 is 108 Å². The lowest BCUT2D eigenvalue weighted by atomic mass is 9.71. The summed E-state index contributed by atoms with van der Waals surface area (Å²) in [5.41, 5.74) is -0.691. The fraction of sp³-hybridized carbons (Fsp3) is 0.769. The van der Waals surface area contributed by atoms with Crippen LogP contribution in [0.2, 0.25) is 0 Å². The van der Waals surface area contributed by atoms with Crippen LogP contribution < -0.4 is 0 Å². The van der Waals surface area contributed by atoms with Gasteiger partial charge in [0, 0.05) is 65.7 Å². The lowest BCUT2D eigenvalue weighted by Gasteiger charge is -2.51. The first-order valence-electron chi connectivity index (χ1n) is 24.8. The minimum Gasteiger partial charge on any atom is -0.462 e. The molecule has 0 aromatic rings. The maximum absolute atomic E-state index is 14.4. The summed E-state index contributed by atoms with van der Waals surface area (Å²) >= 11 is 0. The number of hydrogen-bond acceptors (Lipinski definition) is 16. The highest BCUT2D eigenvalue weighted by Gasteiger charge is 2.60. The minimum absolute atomic E-state index is 0.0218. The van der Waals surface area contributed by atoms with Gasteiger partial charge in [0.05, 0.1) is 49.3 Å². The van der Waals surface area contributed by atoms with Crippen molar-refractivity contribution in [3.05, 3.63) is 59.3 Å². The molecule has 7 rings (SSSR count). The van der Waals surface area contributed by atoms with Crippen molar-refractivity contribution in [3.63, 3.8) is 0 Å². The van der Waals surface area contributed by atoms with Gasteiger partial charge in [0.15, 0.2) is 18.4 Å². The van der Waals surface area contributed by atoms with E-state index in [4.69, 9.17) is 52.2 Å². The van der Waals surface area contributed by atoms with E-state index in [0.29, 0.717) is 36.8 Å². The molecule has 382 valence electrons. The van der Waals surface area contributed by atoms with Gasteiger partial charge in [0.2, 0.25) is 0 Å². The van der Waals surface area contributed by atoms with Gasteiger partial charge >= 0.3 is 11.9 Å². The molecule has 0 aromatic heterocycles. The summed E-state index contributed by atoms with van der Waals surface area (Å²) in [6.45, 7) is 19.5. The molecule has 0 saturated carbocycles. The van der Waals surface area contributed by atoms with E-state index in [9.17, 15) is 19.8 Å². The number of nitrogens with zero attached hydrogens (tertiary/aromatic N) is 1. The molecule has 1 aliphatic carbocycles. The van der Waals surface area contributed by atoms with Crippen LogP contribution in [0.5, 0.6) is 0 Å². The molecule has 68 heavy (non-hydrogen) atoms. The fourth-order valence-corrected chi connectivity index (χ4v) is 11.5. The third-order valence-corrected chi connectivity index (χ3v) is 16.0. The predicted molar refractivity (Wildman–Crippen MR) is 249 cm³/mol. The summed E-state index contributed by atoms with van der Waals surface area (Å²) in [6, 6.07) is 0. The average molecular weight is 958 g/mol. The van der Waals surface area contributed by atoms with Crippen LogP contribution in [0.3, 0.4) is 0 Å². The fourth-order valence-electron chi connectivity index (χ4n) is 11.5. The zero-order valence-electron chi connectivity index (χ0n) is 42.5. The van der Waals surface area contributed by atoms with Crippen molar-refractivity contribution in [3.8, 4) is 0 Å². The third kappa shape index (κ3) is 10.5. The van der Waals surface area contributed by atoms with Gasteiger partial charge in [0.25, 0.3) is 0 Å². The van der Waals surface area contributed by atoms with E-state index in [0.717, 1.165) is 12.0 Å². The monoisotopic (exact) mass is 958 g/mol. The van der Waals surface area contributed by atoms with Crippen LogP contribution in [0.1, 0.15) is 108 Å². The van der Waals surface area contributed by atoms with Gasteiger partial charge in [0.1, 0.15) is 41.5 Å². The van der Waals surface area contributed by atoms with Gasteiger partial charge in [-0.15, -0.1) is 5.06 Å². The van der Waals surface area contributed by atoms with Gasteiger partial charge in [-0.2, -0.15) is 0 Å². The number of hydrogen-bond donors (Lipinski definition) is 2. The maximum atomic E-state index is 14.4. The lowest BCUT2D eigenvalue weighted by Crippen LogP contribution is -2.66. The van der Waals surface area contributed by atoms with Gasteiger partial charge < -0.3 is 62.4 Å². The summed E-state index contributed by atoms with van der Waals surface area (Å²) in [4.78, 5) is 31.7. The van der Waals surface area contributed by atoms with Gasteiger partial charge in [-0.05, 0) is 69.8 Å². The number of methoxy groups -OCH3 is 2. The molecule has 4 saturated heterocycles. The van der Waals surface area contributed by atoms with E-state index in [1.807, 2.05) is 45.9 Å². The van der Waals surface area contributed by atoms with Gasteiger partial charge in [-0.3, -0.25) is 9.59 Å². The number of hydroxylamine groups is 2. The summed E-state index contributed by atoms with van der Waals surface area (Å²) in [5, 5.41) is 25.3. The van der Waals surface area contributed by atoms with E-state index in [1.54, 1.807) is 40.3 Å². The smallest absolute Gasteiger partial charge is 0.322 e. The molecule has 0 radical (unpaired) electrons. The highest BCUT2D eigenvalue weighted by atomic mass is 16.7. The van der Waals surface area contributed by atoms with Crippen LogP contribution in [-0.4, -0.2) is 152 Å². The highest BCUT2D eigenvalue weighted by molar-refractivity contribution is 5.78. The normalized spacial score (nSPS) is 46.9. The second-order valence-corrected chi connectivity index (χ2v) is 20.7. The average Bonchev–Trinajstić information content (AvgIpc) is 3.63. The molecule has 16 nitrogen and oxygen atoms in total. The van der Waals surface area contributed by atoms with Crippen molar-refractivity contribution in [2.45, 2.75) is 204 Å². The number of esters is 1. The van der Waals surface area contributed by atoms with Crippen molar-refractivity contribution in [2.75, 3.05) is 27.9 Å². The Morgan fingerprint density at radius 2 is 1.71 bits per heavy atom. The van der Waals surface area contributed by atoms with Crippen molar-refractivity contribution in [2.24, 2.45) is 23.7 Å². The molecule has 4 unspecified atom stereocenters. The Hall–Kier alpha value is -2.84. The molecule has 1 spiro atoms. The number of allylic oxidation sites excluding steroid dienone is 2. The Bertz CT molecular complexity index is 1950. The zero-order chi connectivity index (χ0) is 49.5. The predicted octanol–water partition coefficient (Wildman–Crippen LogP) is 6.19.